The summed E-state index contributed by atoms with van der Waals surface area (Å²) in [6.45, 7) is 8.41. The molecule has 1 aliphatic carbocycles. The van der Waals surface area contributed by atoms with Gasteiger partial charge in [0.05, 0.1) is 5.70 Å². The summed E-state index contributed by atoms with van der Waals surface area (Å²) in [5.74, 6) is -0.105. The van der Waals surface area contributed by atoms with Crippen LogP contribution in [-0.2, 0) is 0 Å². The maximum atomic E-state index is 12.4. The van der Waals surface area contributed by atoms with E-state index in [9.17, 15) is 4.79 Å². The summed E-state index contributed by atoms with van der Waals surface area (Å²) >= 11 is 0. The second-order valence-electron chi connectivity index (χ2n) is 6.34. The van der Waals surface area contributed by atoms with Gasteiger partial charge in [-0.1, -0.05) is 31.9 Å². The van der Waals surface area contributed by atoms with E-state index in [-0.39, 0.29) is 5.91 Å². The molecular weight excluding hydrogens is 310 g/mol. The number of allylic oxidation sites excluding steroid dienone is 3. The molecule has 1 amide bonds. The molecule has 136 valence electrons. The lowest BCUT2D eigenvalue weighted by molar-refractivity contribution is 0.0939. The molecule has 0 atom stereocenters. The van der Waals surface area contributed by atoms with Crippen molar-refractivity contribution in [2.75, 3.05) is 18.0 Å². The molecule has 0 unspecified atom stereocenters. The molecule has 0 spiro atoms. The van der Waals surface area contributed by atoms with Gasteiger partial charge in [0.2, 0.25) is 0 Å². The van der Waals surface area contributed by atoms with Crippen LogP contribution in [0, 0.1) is 0 Å². The lowest BCUT2D eigenvalue weighted by Gasteiger charge is -2.21. The zero-order valence-corrected chi connectivity index (χ0v) is 15.8. The van der Waals surface area contributed by atoms with Crippen LogP contribution < -0.4 is 15.8 Å². The van der Waals surface area contributed by atoms with Gasteiger partial charge >= 0.3 is 0 Å². The van der Waals surface area contributed by atoms with Crippen LogP contribution >= 0.6 is 0 Å². The van der Waals surface area contributed by atoms with E-state index in [0.717, 1.165) is 37.3 Å². The van der Waals surface area contributed by atoms with Crippen LogP contribution in [0.5, 0.6) is 0 Å². The molecule has 0 bridgehead atoms. The Bertz CT molecular complexity index is 613. The summed E-state index contributed by atoms with van der Waals surface area (Å²) in [4.78, 5) is 14.6. The van der Waals surface area contributed by atoms with Crippen molar-refractivity contribution < 1.29 is 4.79 Å². The highest BCUT2D eigenvalue weighted by atomic mass is 16.2. The first-order valence-corrected chi connectivity index (χ1v) is 9.50. The molecular formula is C21H31N3O. The first-order valence-electron chi connectivity index (χ1n) is 9.50. The number of unbranched alkanes of at least 4 members (excludes halogenated alkanes) is 2. The van der Waals surface area contributed by atoms with E-state index in [1.54, 1.807) is 0 Å². The molecule has 1 aliphatic rings. The number of rotatable bonds is 10. The van der Waals surface area contributed by atoms with E-state index in [4.69, 9.17) is 0 Å². The lowest BCUT2D eigenvalue weighted by atomic mass is 10.1. The quantitative estimate of drug-likeness (QED) is 0.484. The van der Waals surface area contributed by atoms with Gasteiger partial charge in [-0.2, -0.15) is 0 Å². The summed E-state index contributed by atoms with van der Waals surface area (Å²) in [6.07, 6.45) is 10.0. The molecule has 0 radical (unpaired) electrons. The lowest BCUT2D eigenvalue weighted by Crippen LogP contribution is -2.37. The number of amides is 1. The van der Waals surface area contributed by atoms with Gasteiger partial charge in [-0.15, -0.1) is 0 Å². The average Bonchev–Trinajstić information content (AvgIpc) is 3.09. The van der Waals surface area contributed by atoms with Gasteiger partial charge in [-0.3, -0.25) is 15.6 Å². The standard InChI is InChI=1S/C21H31N3O/c1-4-7-8-10-17-11-9-12-20(17)22-23-21(25)18-13-15-19(16-14-18)24(5-2)6-3/h11-16,22H,4-10H2,1-3H3,(H,23,25). The van der Waals surface area contributed by atoms with E-state index in [0.29, 0.717) is 5.56 Å². The zero-order valence-electron chi connectivity index (χ0n) is 15.8. The third-order valence-electron chi connectivity index (χ3n) is 4.65. The van der Waals surface area contributed by atoms with Crippen LogP contribution in [-0.4, -0.2) is 19.0 Å². The normalized spacial score (nSPS) is 13.2. The molecule has 2 N–H and O–H groups in total. The molecule has 2 rings (SSSR count). The predicted molar refractivity (Wildman–Crippen MR) is 106 cm³/mol. The molecule has 0 fully saturated rings. The highest BCUT2D eigenvalue weighted by Crippen LogP contribution is 2.22. The highest BCUT2D eigenvalue weighted by Gasteiger charge is 2.12. The second-order valence-corrected chi connectivity index (χ2v) is 6.34. The average molecular weight is 341 g/mol. The molecule has 0 aromatic heterocycles. The third-order valence-corrected chi connectivity index (χ3v) is 4.65. The van der Waals surface area contributed by atoms with Crippen molar-refractivity contribution in [2.24, 2.45) is 0 Å². The fourth-order valence-corrected chi connectivity index (χ4v) is 3.10. The molecule has 1 aromatic carbocycles. The first-order chi connectivity index (χ1) is 12.2. The number of hydrazine groups is 1. The fourth-order valence-electron chi connectivity index (χ4n) is 3.10. The Morgan fingerprint density at radius 3 is 2.40 bits per heavy atom. The first kappa shape index (κ1) is 19.1. The minimum atomic E-state index is -0.105. The predicted octanol–water partition coefficient (Wildman–Crippen LogP) is 4.56. The van der Waals surface area contributed by atoms with Crippen LogP contribution in [0.4, 0.5) is 5.69 Å². The summed E-state index contributed by atoms with van der Waals surface area (Å²) in [6, 6.07) is 7.77. The molecule has 25 heavy (non-hydrogen) atoms. The summed E-state index contributed by atoms with van der Waals surface area (Å²) in [5, 5.41) is 0. The van der Waals surface area contributed by atoms with Crippen molar-refractivity contribution in [2.45, 2.75) is 52.9 Å². The maximum absolute atomic E-state index is 12.4. The summed E-state index contributed by atoms with van der Waals surface area (Å²) in [7, 11) is 0. The molecule has 1 aromatic rings. The Balaban J connectivity index is 1.87. The topological polar surface area (TPSA) is 44.4 Å². The van der Waals surface area contributed by atoms with Gasteiger partial charge in [-0.05, 0) is 62.9 Å². The van der Waals surface area contributed by atoms with Gasteiger partial charge in [0.1, 0.15) is 0 Å². The van der Waals surface area contributed by atoms with Crippen LogP contribution in [0.15, 0.2) is 47.7 Å². The van der Waals surface area contributed by atoms with E-state index < -0.39 is 0 Å². The Morgan fingerprint density at radius 2 is 1.76 bits per heavy atom. The van der Waals surface area contributed by atoms with Gasteiger partial charge < -0.3 is 4.90 Å². The van der Waals surface area contributed by atoms with E-state index in [1.807, 2.05) is 24.3 Å². The molecule has 0 saturated heterocycles. The van der Waals surface area contributed by atoms with Gasteiger partial charge in [0.25, 0.3) is 5.91 Å². The van der Waals surface area contributed by atoms with Crippen molar-refractivity contribution in [1.82, 2.24) is 10.9 Å². The number of anilines is 1. The van der Waals surface area contributed by atoms with Crippen LogP contribution in [0.2, 0.25) is 0 Å². The van der Waals surface area contributed by atoms with Crippen molar-refractivity contribution in [3.05, 3.63) is 53.3 Å². The van der Waals surface area contributed by atoms with Gasteiger partial charge in [0, 0.05) is 24.3 Å². The minimum Gasteiger partial charge on any atom is -0.372 e. The Labute approximate surface area is 152 Å². The number of hydrogen-bond acceptors (Lipinski definition) is 3. The van der Waals surface area contributed by atoms with Crippen LogP contribution in [0.25, 0.3) is 0 Å². The number of carbonyl (C=O) groups excluding carboxylic acids is 1. The Hall–Kier alpha value is -2.23. The molecule has 4 heteroatoms. The number of nitrogens with zero attached hydrogens (tertiary/aromatic N) is 1. The van der Waals surface area contributed by atoms with Crippen LogP contribution in [0.3, 0.4) is 0 Å². The zero-order chi connectivity index (χ0) is 18.1. The molecule has 4 nitrogen and oxygen atoms in total. The minimum absolute atomic E-state index is 0.105. The fraction of sp³-hybridized carbons (Fsp3) is 0.476. The number of carbonyl (C=O) groups is 1. The van der Waals surface area contributed by atoms with E-state index >= 15 is 0 Å². The second kappa shape index (κ2) is 9.92. The molecule has 0 heterocycles. The summed E-state index contributed by atoms with van der Waals surface area (Å²) in [5.41, 5.74) is 10.1. The van der Waals surface area contributed by atoms with Crippen molar-refractivity contribution in [3.8, 4) is 0 Å². The van der Waals surface area contributed by atoms with E-state index in [1.165, 1.54) is 24.8 Å². The Morgan fingerprint density at radius 1 is 1.04 bits per heavy atom. The third kappa shape index (κ3) is 5.38. The van der Waals surface area contributed by atoms with Crippen molar-refractivity contribution in [3.63, 3.8) is 0 Å². The number of benzene rings is 1. The SMILES string of the molecule is CCCCCC1=CCC=C1NNC(=O)c1ccc(N(CC)CC)cc1. The molecule has 0 saturated carbocycles. The monoisotopic (exact) mass is 341 g/mol. The molecule has 0 aliphatic heterocycles. The highest BCUT2D eigenvalue weighted by molar-refractivity contribution is 5.94. The summed E-state index contributed by atoms with van der Waals surface area (Å²) < 4.78 is 0. The van der Waals surface area contributed by atoms with Gasteiger partial charge in [0.15, 0.2) is 0 Å². The van der Waals surface area contributed by atoms with Crippen molar-refractivity contribution >= 4 is 11.6 Å². The van der Waals surface area contributed by atoms with Crippen LogP contribution in [0.1, 0.15) is 63.2 Å². The van der Waals surface area contributed by atoms with Gasteiger partial charge in [-0.25, -0.2) is 0 Å². The Kier molecular flexibility index (Phi) is 7.58. The smallest absolute Gasteiger partial charge is 0.269 e. The largest absolute Gasteiger partial charge is 0.372 e. The maximum Gasteiger partial charge on any atom is 0.269 e. The van der Waals surface area contributed by atoms with Crippen molar-refractivity contribution in [1.29, 1.82) is 0 Å². The van der Waals surface area contributed by atoms with E-state index in [2.05, 4.69) is 48.7 Å². The number of hydrogen-bond donors (Lipinski definition) is 2. The number of nitrogens with one attached hydrogen (secondary N) is 2.